The largest absolute Gasteiger partial charge is 0.423 e. The van der Waals surface area contributed by atoms with Crippen LogP contribution in [0.25, 0.3) is 87.8 Å². The Labute approximate surface area is 584 Å². The normalized spacial score (nSPS) is 10.9. The first-order valence-corrected chi connectivity index (χ1v) is 33.5. The van der Waals surface area contributed by atoms with E-state index in [4.69, 9.17) is 18.9 Å². The maximum atomic E-state index is 13.2. The molecule has 0 unspecified atom stereocenters. The summed E-state index contributed by atoms with van der Waals surface area (Å²) in [5.74, 6) is 0.585. The maximum Gasteiger partial charge on any atom is 0.338 e. The van der Waals surface area contributed by atoms with Gasteiger partial charge in [-0.3, -0.25) is 4.79 Å². The van der Waals surface area contributed by atoms with Crippen LogP contribution in [0.2, 0.25) is 0 Å². The minimum Gasteiger partial charge on any atom is -0.423 e. The van der Waals surface area contributed by atoms with Gasteiger partial charge in [-0.25, -0.2) is 19.2 Å². The zero-order chi connectivity index (χ0) is 71.3. The number of benzene rings is 12. The summed E-state index contributed by atoms with van der Waals surface area (Å²) < 4.78 is 24.1. The molecule has 100 heavy (non-hydrogen) atoms. The van der Waals surface area contributed by atoms with E-state index in [2.05, 4.69) is 124 Å². The molecule has 0 bridgehead atoms. The summed E-state index contributed by atoms with van der Waals surface area (Å²) in [7, 11) is 1.98. The molecule has 10 heteroatoms. The summed E-state index contributed by atoms with van der Waals surface area (Å²) in [6.45, 7) is 29.7. The molecule has 500 valence electrons. The highest BCUT2D eigenvalue weighted by Crippen LogP contribution is 2.42. The molecular weight excluding hydrogens is 1240 g/mol. The van der Waals surface area contributed by atoms with E-state index in [0.29, 0.717) is 50.9 Å². The zero-order valence-corrected chi connectivity index (χ0v) is 58.2. The Hall–Kier alpha value is -12.0. The van der Waals surface area contributed by atoms with Gasteiger partial charge in [0.2, 0.25) is 0 Å². The second kappa shape index (κ2) is 31.9. The van der Waals surface area contributed by atoms with Crippen molar-refractivity contribution in [3.63, 3.8) is 0 Å². The molecule has 0 spiro atoms. The zero-order valence-electron chi connectivity index (χ0n) is 58.2. The van der Waals surface area contributed by atoms with Crippen LogP contribution in [0.3, 0.4) is 0 Å². The highest BCUT2D eigenvalue weighted by molar-refractivity contribution is 6.17. The molecule has 0 saturated carbocycles. The van der Waals surface area contributed by atoms with E-state index < -0.39 is 17.9 Å². The predicted molar refractivity (Wildman–Crippen MR) is 412 cm³/mol. The Morgan fingerprint density at radius 3 is 1.23 bits per heavy atom. The standard InChI is InChI=1S/C26H23NO3.C24H20O2.C20H18O2.C20H20O2/c1-5-17-8-6-7-9-20(17)25(28)18-10-12-23-21(14-18)22-15-19(30-26(29)16(2)3)11-13-24(22)27(23)4;1-4-18-19-11-7-8-12-20(19)23(26-24(25)15(2)3)22-14-17-10-6-5-9-16(17)13-21(18)22;1-4-14-15-9-5-7-11-17(15)19(22-20(21)13(2)3)18-12-8-6-10-16(14)18;1-4-16-5-7-17(8-6-16)9-10-18-11-13-19(14-12-18)22-20(21)15(2)3/h6-15H,2,5H2,1,3-4H3;5-14H,2,4H2,1,3H3;5-12H,2,4H2,1,3H3;5-14H,2,4H2,1,3H3/b;;;10-9+. The number of fused-ring (bicyclic) bond motifs is 8. The van der Waals surface area contributed by atoms with Gasteiger partial charge >= 0.3 is 23.9 Å². The number of nitrogens with zero attached hydrogens (tertiary/aromatic N) is 1. The summed E-state index contributed by atoms with van der Waals surface area (Å²) in [6, 6.07) is 71.7. The Bertz CT molecular complexity index is 5350. The minimum atomic E-state index is -0.457. The van der Waals surface area contributed by atoms with Crippen LogP contribution in [0.15, 0.2) is 267 Å². The van der Waals surface area contributed by atoms with Crippen molar-refractivity contribution in [1.82, 2.24) is 4.57 Å². The second-order valence-electron chi connectivity index (χ2n) is 24.7. The number of carbonyl (C=O) groups is 5. The molecule has 12 aromatic carbocycles. The van der Waals surface area contributed by atoms with Crippen molar-refractivity contribution in [2.75, 3.05) is 0 Å². The number of esters is 4. The second-order valence-corrected chi connectivity index (χ2v) is 24.7. The molecule has 1 aromatic heterocycles. The molecular formula is C90H81NO9. The van der Waals surface area contributed by atoms with E-state index in [1.165, 1.54) is 22.1 Å². The molecule has 0 radical (unpaired) electrons. The van der Waals surface area contributed by atoms with Crippen LogP contribution in [0.4, 0.5) is 0 Å². The number of ketones is 1. The number of rotatable bonds is 16. The quantitative estimate of drug-likeness (QED) is 0.0232. The minimum absolute atomic E-state index is 0.0104. The summed E-state index contributed by atoms with van der Waals surface area (Å²) >= 11 is 0. The number of ether oxygens (including phenoxy) is 4. The highest BCUT2D eigenvalue weighted by Gasteiger charge is 2.21. The molecule has 0 aliphatic rings. The molecule has 13 aromatic rings. The fourth-order valence-corrected chi connectivity index (χ4v) is 12.1. The first-order valence-electron chi connectivity index (χ1n) is 33.5. The molecule has 1 heterocycles. The van der Waals surface area contributed by atoms with Crippen molar-refractivity contribution in [2.45, 2.75) is 81.1 Å². The van der Waals surface area contributed by atoms with E-state index in [1.54, 1.807) is 45.9 Å². The third kappa shape index (κ3) is 15.8. The maximum absolute atomic E-state index is 13.2. The van der Waals surface area contributed by atoms with Crippen LogP contribution in [0.5, 0.6) is 23.0 Å². The van der Waals surface area contributed by atoms with Gasteiger partial charge in [0.25, 0.3) is 0 Å². The Kier molecular flexibility index (Phi) is 22.6. The summed E-state index contributed by atoms with van der Waals surface area (Å²) in [6.07, 6.45) is 7.78. The van der Waals surface area contributed by atoms with E-state index in [1.807, 2.05) is 154 Å². The lowest BCUT2D eigenvalue weighted by Crippen LogP contribution is -2.09. The third-order valence-electron chi connectivity index (χ3n) is 17.5. The smallest absolute Gasteiger partial charge is 0.338 e. The lowest BCUT2D eigenvalue weighted by molar-refractivity contribution is -0.130. The van der Waals surface area contributed by atoms with Gasteiger partial charge in [0, 0.05) is 83.8 Å². The molecule has 0 aliphatic heterocycles. The molecule has 0 N–H and O–H groups in total. The summed E-state index contributed by atoms with van der Waals surface area (Å²) in [5.41, 5.74) is 12.0. The van der Waals surface area contributed by atoms with Crippen molar-refractivity contribution in [1.29, 1.82) is 0 Å². The van der Waals surface area contributed by atoms with Gasteiger partial charge in [0.15, 0.2) is 5.78 Å². The Morgan fingerprint density at radius 1 is 0.360 bits per heavy atom. The molecule has 0 amide bonds. The number of hydrogen-bond acceptors (Lipinski definition) is 9. The molecule has 13 rings (SSSR count). The van der Waals surface area contributed by atoms with E-state index in [-0.39, 0.29) is 11.8 Å². The number of hydrogen-bond donors (Lipinski definition) is 0. The molecule has 10 nitrogen and oxygen atoms in total. The van der Waals surface area contributed by atoms with Crippen LogP contribution in [0.1, 0.15) is 105 Å². The fraction of sp³-hybridized carbons (Fsp3) is 0.144. The van der Waals surface area contributed by atoms with Gasteiger partial charge in [-0.1, -0.05) is 224 Å². The van der Waals surface area contributed by atoms with Crippen LogP contribution in [-0.4, -0.2) is 34.2 Å². The van der Waals surface area contributed by atoms with Crippen molar-refractivity contribution >= 4 is 117 Å². The average molecular weight is 1320 g/mol. The monoisotopic (exact) mass is 1320 g/mol. The Balaban J connectivity index is 0.000000145. The lowest BCUT2D eigenvalue weighted by Gasteiger charge is -2.16. The third-order valence-corrected chi connectivity index (χ3v) is 17.5. The van der Waals surface area contributed by atoms with Crippen LogP contribution in [-0.2, 0) is 51.9 Å². The van der Waals surface area contributed by atoms with Crippen LogP contribution < -0.4 is 18.9 Å². The number of carbonyl (C=O) groups excluding carboxylic acids is 5. The topological polar surface area (TPSA) is 127 Å². The van der Waals surface area contributed by atoms with Gasteiger partial charge in [-0.15, -0.1) is 0 Å². The number of aromatic nitrogens is 1. The van der Waals surface area contributed by atoms with Crippen molar-refractivity contribution in [3.05, 3.63) is 312 Å². The van der Waals surface area contributed by atoms with Crippen molar-refractivity contribution in [3.8, 4) is 23.0 Å². The molecule has 0 atom stereocenters. The summed E-state index contributed by atoms with van der Waals surface area (Å²) in [4.78, 5) is 60.9. The van der Waals surface area contributed by atoms with Gasteiger partial charge in [0.05, 0.1) is 0 Å². The van der Waals surface area contributed by atoms with E-state index >= 15 is 0 Å². The van der Waals surface area contributed by atoms with Gasteiger partial charge in [-0.2, -0.15) is 0 Å². The predicted octanol–water partition coefficient (Wildman–Crippen LogP) is 21.7. The Morgan fingerprint density at radius 2 is 0.750 bits per heavy atom. The van der Waals surface area contributed by atoms with E-state index in [0.717, 1.165) is 118 Å². The SMILES string of the molecule is C=C(C)C(=O)Oc1c2ccccc2c(CC)c2cc3ccccc3cc12.C=C(C)C(=O)Oc1c2ccccc2c(CC)c2ccccc12.C=C(C)C(=O)Oc1ccc(/C=C/c2ccc(CC)cc2)cc1.C=C(C)C(=O)Oc1ccc2c(c1)c1cc(C(=O)c3ccccc3CC)ccc1n2C. The summed E-state index contributed by atoms with van der Waals surface area (Å²) in [5, 5.41) is 12.6. The van der Waals surface area contributed by atoms with Gasteiger partial charge < -0.3 is 23.5 Å². The highest BCUT2D eigenvalue weighted by atomic mass is 16.5. The van der Waals surface area contributed by atoms with Crippen molar-refractivity contribution < 1.29 is 42.9 Å². The van der Waals surface area contributed by atoms with E-state index in [9.17, 15) is 24.0 Å². The first-order chi connectivity index (χ1) is 48.2. The molecule has 0 fully saturated rings. The van der Waals surface area contributed by atoms with Crippen LogP contribution >= 0.6 is 0 Å². The molecule has 0 saturated heterocycles. The van der Waals surface area contributed by atoms with Gasteiger partial charge in [0.1, 0.15) is 23.0 Å². The number of aryl methyl sites for hydroxylation is 5. The fourth-order valence-electron chi connectivity index (χ4n) is 12.1. The van der Waals surface area contributed by atoms with Crippen molar-refractivity contribution in [2.24, 2.45) is 7.05 Å². The van der Waals surface area contributed by atoms with Crippen LogP contribution in [0, 0.1) is 0 Å². The average Bonchev–Trinajstić information content (AvgIpc) is 0.817. The molecule has 0 aliphatic carbocycles. The van der Waals surface area contributed by atoms with Gasteiger partial charge in [-0.05, 0) is 180 Å². The first kappa shape index (κ1) is 70.8. The lowest BCUT2D eigenvalue weighted by atomic mass is 9.92.